The predicted octanol–water partition coefficient (Wildman–Crippen LogP) is 5.54. The van der Waals surface area contributed by atoms with Gasteiger partial charge in [0.15, 0.2) is 0 Å². The summed E-state index contributed by atoms with van der Waals surface area (Å²) >= 11 is 0. The smallest absolute Gasteiger partial charge is 0.00967 e. The minimum absolute atomic E-state index is 0.247. The van der Waals surface area contributed by atoms with Crippen molar-refractivity contribution in [1.82, 2.24) is 5.32 Å². The van der Waals surface area contributed by atoms with Crippen molar-refractivity contribution in [3.8, 4) is 0 Å². The Morgan fingerprint density at radius 2 is 1.22 bits per heavy atom. The Labute approximate surface area is 116 Å². The molecule has 18 heavy (non-hydrogen) atoms. The Balaban J connectivity index is 3.52. The average molecular weight is 255 g/mol. The monoisotopic (exact) mass is 255 g/mol. The molecule has 0 aromatic rings. The van der Waals surface area contributed by atoms with E-state index in [0.717, 1.165) is 6.54 Å². The second-order valence-corrected chi connectivity index (χ2v) is 7.64. The molecule has 1 N–H and O–H groups in total. The van der Waals surface area contributed by atoms with Crippen molar-refractivity contribution < 1.29 is 0 Å². The number of nitrogens with one attached hydrogen (secondary N) is 1. The van der Waals surface area contributed by atoms with Gasteiger partial charge in [0.25, 0.3) is 0 Å². The van der Waals surface area contributed by atoms with Crippen LogP contribution in [-0.2, 0) is 0 Å². The molecule has 0 aliphatic rings. The summed E-state index contributed by atoms with van der Waals surface area (Å²) in [7, 11) is 0. The van der Waals surface area contributed by atoms with Crippen molar-refractivity contribution in [1.29, 1.82) is 0 Å². The van der Waals surface area contributed by atoms with Crippen molar-refractivity contribution in [3.63, 3.8) is 0 Å². The summed E-state index contributed by atoms with van der Waals surface area (Å²) in [5.74, 6) is 0. The zero-order chi connectivity index (χ0) is 14.1. The minimum Gasteiger partial charge on any atom is -0.312 e. The standard InChI is InChI=1S/C17H37N/c1-7-8-9-10-11-12-13-14-17(5,6)15-18-16(2,3)4/h18H,7-15H2,1-6H3. The Morgan fingerprint density at radius 1 is 0.722 bits per heavy atom. The Kier molecular flexibility index (Phi) is 8.94. The molecule has 0 aromatic heterocycles. The summed E-state index contributed by atoms with van der Waals surface area (Å²) < 4.78 is 0. The third-order valence-corrected chi connectivity index (χ3v) is 3.55. The van der Waals surface area contributed by atoms with Crippen LogP contribution in [-0.4, -0.2) is 12.1 Å². The van der Waals surface area contributed by atoms with Crippen LogP contribution in [0.3, 0.4) is 0 Å². The maximum absolute atomic E-state index is 3.63. The largest absolute Gasteiger partial charge is 0.312 e. The van der Waals surface area contributed by atoms with Crippen molar-refractivity contribution in [2.45, 2.75) is 98.4 Å². The first-order chi connectivity index (χ1) is 8.27. The van der Waals surface area contributed by atoms with E-state index in [0.29, 0.717) is 5.41 Å². The first-order valence-electron chi connectivity index (χ1n) is 8.02. The summed E-state index contributed by atoms with van der Waals surface area (Å²) in [5, 5.41) is 3.63. The third kappa shape index (κ3) is 12.4. The summed E-state index contributed by atoms with van der Waals surface area (Å²) in [6.45, 7) is 14.9. The van der Waals surface area contributed by atoms with E-state index in [-0.39, 0.29) is 5.54 Å². The molecule has 0 rings (SSSR count). The van der Waals surface area contributed by atoms with E-state index in [9.17, 15) is 0 Å². The fourth-order valence-electron chi connectivity index (χ4n) is 2.15. The van der Waals surface area contributed by atoms with Crippen LogP contribution in [0.25, 0.3) is 0 Å². The van der Waals surface area contributed by atoms with E-state index in [1.54, 1.807) is 0 Å². The highest BCUT2D eigenvalue weighted by molar-refractivity contribution is 4.78. The second kappa shape index (κ2) is 8.96. The van der Waals surface area contributed by atoms with Crippen molar-refractivity contribution in [2.24, 2.45) is 5.41 Å². The van der Waals surface area contributed by atoms with E-state index in [2.05, 4.69) is 46.9 Å². The number of rotatable bonds is 10. The van der Waals surface area contributed by atoms with Crippen molar-refractivity contribution in [2.75, 3.05) is 6.54 Å². The molecule has 0 fully saturated rings. The Bertz CT molecular complexity index is 188. The molecule has 0 bridgehead atoms. The molecule has 0 unspecified atom stereocenters. The molecule has 0 atom stereocenters. The lowest BCUT2D eigenvalue weighted by Gasteiger charge is -2.30. The lowest BCUT2D eigenvalue weighted by molar-refractivity contribution is 0.264. The van der Waals surface area contributed by atoms with Crippen LogP contribution < -0.4 is 5.32 Å². The molecule has 0 amide bonds. The van der Waals surface area contributed by atoms with Crippen molar-refractivity contribution >= 4 is 0 Å². The SMILES string of the molecule is CCCCCCCCCC(C)(C)CNC(C)(C)C. The fraction of sp³-hybridized carbons (Fsp3) is 1.00. The van der Waals surface area contributed by atoms with E-state index < -0.39 is 0 Å². The molecule has 0 heterocycles. The van der Waals surface area contributed by atoms with Gasteiger partial charge in [-0.3, -0.25) is 0 Å². The highest BCUT2D eigenvalue weighted by Crippen LogP contribution is 2.24. The van der Waals surface area contributed by atoms with E-state index in [1.165, 1.54) is 51.4 Å². The van der Waals surface area contributed by atoms with Gasteiger partial charge in [-0.15, -0.1) is 0 Å². The molecule has 0 aromatic carbocycles. The molecule has 1 nitrogen and oxygen atoms in total. The molecular weight excluding hydrogens is 218 g/mol. The van der Waals surface area contributed by atoms with Crippen molar-refractivity contribution in [3.05, 3.63) is 0 Å². The molecule has 0 saturated carbocycles. The van der Waals surface area contributed by atoms with E-state index in [4.69, 9.17) is 0 Å². The van der Waals surface area contributed by atoms with Gasteiger partial charge < -0.3 is 5.32 Å². The molecule has 1 heteroatoms. The minimum atomic E-state index is 0.247. The van der Waals surface area contributed by atoms with Gasteiger partial charge in [0.2, 0.25) is 0 Å². The third-order valence-electron chi connectivity index (χ3n) is 3.55. The van der Waals surface area contributed by atoms with Gasteiger partial charge in [0, 0.05) is 12.1 Å². The molecule has 0 spiro atoms. The van der Waals surface area contributed by atoms with Gasteiger partial charge in [-0.05, 0) is 32.6 Å². The highest BCUT2D eigenvalue weighted by atomic mass is 14.9. The van der Waals surface area contributed by atoms with Gasteiger partial charge in [0.05, 0.1) is 0 Å². The maximum Gasteiger partial charge on any atom is 0.00967 e. The van der Waals surface area contributed by atoms with Crippen LogP contribution in [0.1, 0.15) is 92.9 Å². The van der Waals surface area contributed by atoms with E-state index in [1.807, 2.05) is 0 Å². The summed E-state index contributed by atoms with van der Waals surface area (Å²) in [4.78, 5) is 0. The second-order valence-electron chi connectivity index (χ2n) is 7.64. The highest BCUT2D eigenvalue weighted by Gasteiger charge is 2.20. The quantitative estimate of drug-likeness (QED) is 0.505. The van der Waals surface area contributed by atoms with Gasteiger partial charge in [-0.2, -0.15) is 0 Å². The van der Waals surface area contributed by atoms with Crippen LogP contribution in [0.4, 0.5) is 0 Å². The normalized spacial score (nSPS) is 13.0. The topological polar surface area (TPSA) is 12.0 Å². The van der Waals surface area contributed by atoms with Crippen LogP contribution in [0.2, 0.25) is 0 Å². The molecule has 110 valence electrons. The molecule has 0 radical (unpaired) electrons. The zero-order valence-corrected chi connectivity index (χ0v) is 13.9. The van der Waals surface area contributed by atoms with Gasteiger partial charge in [-0.1, -0.05) is 65.7 Å². The predicted molar refractivity (Wildman–Crippen MR) is 84.1 cm³/mol. The number of hydrogen-bond acceptors (Lipinski definition) is 1. The van der Waals surface area contributed by atoms with Crippen LogP contribution in [0.5, 0.6) is 0 Å². The summed E-state index contributed by atoms with van der Waals surface area (Å²) in [5.41, 5.74) is 0.689. The van der Waals surface area contributed by atoms with Gasteiger partial charge in [0.1, 0.15) is 0 Å². The number of unbranched alkanes of at least 4 members (excludes halogenated alkanes) is 6. The Hall–Kier alpha value is -0.0400. The molecule has 0 saturated heterocycles. The first kappa shape index (κ1) is 18.0. The van der Waals surface area contributed by atoms with Gasteiger partial charge in [-0.25, -0.2) is 0 Å². The molecule has 0 aliphatic carbocycles. The molecule has 0 aliphatic heterocycles. The molecular formula is C17H37N. The lowest BCUT2D eigenvalue weighted by atomic mass is 9.86. The Morgan fingerprint density at radius 3 is 1.72 bits per heavy atom. The summed E-state index contributed by atoms with van der Waals surface area (Å²) in [6.07, 6.45) is 11.2. The van der Waals surface area contributed by atoms with Crippen LogP contribution in [0, 0.1) is 5.41 Å². The fourth-order valence-corrected chi connectivity index (χ4v) is 2.15. The maximum atomic E-state index is 3.63. The lowest BCUT2D eigenvalue weighted by Crippen LogP contribution is -2.41. The van der Waals surface area contributed by atoms with E-state index >= 15 is 0 Å². The summed E-state index contributed by atoms with van der Waals surface area (Å²) in [6, 6.07) is 0. The first-order valence-corrected chi connectivity index (χ1v) is 8.02. The van der Waals surface area contributed by atoms with Crippen LogP contribution in [0.15, 0.2) is 0 Å². The average Bonchev–Trinajstić information content (AvgIpc) is 2.25. The van der Waals surface area contributed by atoms with Gasteiger partial charge >= 0.3 is 0 Å². The van der Waals surface area contributed by atoms with Crippen LogP contribution >= 0.6 is 0 Å². The number of hydrogen-bond donors (Lipinski definition) is 1. The zero-order valence-electron chi connectivity index (χ0n) is 13.9.